The predicted octanol–water partition coefficient (Wildman–Crippen LogP) is 3.36. The lowest BCUT2D eigenvalue weighted by molar-refractivity contribution is 0.0954. The van der Waals surface area contributed by atoms with E-state index in [1.54, 1.807) is 24.3 Å². The van der Waals surface area contributed by atoms with Crippen LogP contribution in [-0.4, -0.2) is 44.2 Å². The van der Waals surface area contributed by atoms with Gasteiger partial charge in [-0.3, -0.25) is 4.79 Å². The van der Waals surface area contributed by atoms with E-state index in [1.807, 2.05) is 20.8 Å². The second-order valence-corrected chi connectivity index (χ2v) is 5.73. The molecular formula is C21H26N2O6. The van der Waals surface area contributed by atoms with Crippen LogP contribution in [0.1, 0.15) is 36.7 Å². The molecule has 8 heteroatoms. The first-order valence-electron chi connectivity index (χ1n) is 9.30. The van der Waals surface area contributed by atoms with Gasteiger partial charge in [-0.15, -0.1) is 0 Å². The topological polar surface area (TPSA) is 98.6 Å². The average Bonchev–Trinajstić information content (AvgIpc) is 2.70. The quantitative estimate of drug-likeness (QED) is 0.467. The van der Waals surface area contributed by atoms with Crippen LogP contribution in [0.2, 0.25) is 0 Å². The number of methoxy groups -OCH3 is 1. The first kappa shape index (κ1) is 21.9. The first-order valence-corrected chi connectivity index (χ1v) is 9.30. The summed E-state index contributed by atoms with van der Waals surface area (Å²) in [5.41, 5.74) is 3.36. The Hall–Kier alpha value is -3.42. The number of phenols is 1. The van der Waals surface area contributed by atoms with Crippen LogP contribution in [0.5, 0.6) is 28.7 Å². The van der Waals surface area contributed by atoms with Gasteiger partial charge in [0.1, 0.15) is 0 Å². The summed E-state index contributed by atoms with van der Waals surface area (Å²) >= 11 is 0. The molecule has 0 aliphatic carbocycles. The second kappa shape index (κ2) is 10.8. The molecule has 2 aromatic rings. The van der Waals surface area contributed by atoms with Crippen LogP contribution >= 0.6 is 0 Å². The van der Waals surface area contributed by atoms with Crippen LogP contribution < -0.4 is 24.4 Å². The number of phenolic OH excluding ortho intramolecular Hbond substituents is 1. The molecule has 0 saturated carbocycles. The van der Waals surface area contributed by atoms with Crippen molar-refractivity contribution < 1.29 is 28.8 Å². The lowest BCUT2D eigenvalue weighted by Crippen LogP contribution is -2.18. The molecule has 0 bridgehead atoms. The summed E-state index contributed by atoms with van der Waals surface area (Å²) in [5.74, 6) is 1.21. The van der Waals surface area contributed by atoms with Crippen LogP contribution in [0.15, 0.2) is 35.4 Å². The highest BCUT2D eigenvalue weighted by molar-refractivity contribution is 5.96. The van der Waals surface area contributed by atoms with E-state index in [4.69, 9.17) is 18.9 Å². The largest absolute Gasteiger partial charge is 0.504 e. The van der Waals surface area contributed by atoms with Crippen molar-refractivity contribution in [2.75, 3.05) is 26.9 Å². The van der Waals surface area contributed by atoms with Gasteiger partial charge in [-0.25, -0.2) is 5.43 Å². The van der Waals surface area contributed by atoms with Gasteiger partial charge in [0, 0.05) is 5.56 Å². The zero-order valence-corrected chi connectivity index (χ0v) is 17.0. The van der Waals surface area contributed by atoms with Gasteiger partial charge in [0.25, 0.3) is 5.91 Å². The summed E-state index contributed by atoms with van der Waals surface area (Å²) in [6.07, 6.45) is 1.42. The summed E-state index contributed by atoms with van der Waals surface area (Å²) in [6.45, 7) is 6.81. The number of benzene rings is 2. The molecule has 0 heterocycles. The van der Waals surface area contributed by atoms with Crippen molar-refractivity contribution in [2.24, 2.45) is 5.10 Å². The number of hydrazone groups is 1. The minimum atomic E-state index is -0.441. The Labute approximate surface area is 170 Å². The summed E-state index contributed by atoms with van der Waals surface area (Å²) in [5, 5.41) is 13.7. The minimum Gasteiger partial charge on any atom is -0.504 e. The zero-order valence-electron chi connectivity index (χ0n) is 17.0. The lowest BCUT2D eigenvalue weighted by Gasteiger charge is -2.16. The molecule has 0 aliphatic rings. The normalized spacial score (nSPS) is 10.6. The van der Waals surface area contributed by atoms with Crippen molar-refractivity contribution in [3.63, 3.8) is 0 Å². The SMILES string of the molecule is CCOc1cc(C(=O)NN=Cc2ccc(OC)c(O)c2)cc(OCC)c1OCC. The van der Waals surface area contributed by atoms with E-state index in [9.17, 15) is 9.90 Å². The van der Waals surface area contributed by atoms with Gasteiger partial charge in [-0.1, -0.05) is 0 Å². The van der Waals surface area contributed by atoms with E-state index < -0.39 is 5.91 Å². The summed E-state index contributed by atoms with van der Waals surface area (Å²) in [4.78, 5) is 12.5. The molecule has 0 aliphatic heterocycles. The average molecular weight is 402 g/mol. The van der Waals surface area contributed by atoms with Gasteiger partial charge < -0.3 is 24.1 Å². The van der Waals surface area contributed by atoms with Gasteiger partial charge >= 0.3 is 0 Å². The van der Waals surface area contributed by atoms with E-state index in [1.165, 1.54) is 19.4 Å². The van der Waals surface area contributed by atoms with Gasteiger partial charge in [0.2, 0.25) is 5.75 Å². The number of rotatable bonds is 10. The number of carbonyl (C=O) groups excluding carboxylic acids is 1. The molecule has 0 atom stereocenters. The first-order chi connectivity index (χ1) is 14.0. The standard InChI is InChI=1S/C21H26N2O6/c1-5-27-18-11-15(12-19(28-6-2)20(18)29-7-3)21(25)23-22-13-14-8-9-17(26-4)16(24)10-14/h8-13,24H,5-7H2,1-4H3,(H,23,25). The Kier molecular flexibility index (Phi) is 8.14. The molecule has 1 amide bonds. The van der Waals surface area contributed by atoms with Crippen molar-refractivity contribution in [1.29, 1.82) is 0 Å². The maximum absolute atomic E-state index is 12.5. The van der Waals surface area contributed by atoms with Crippen molar-refractivity contribution in [1.82, 2.24) is 5.43 Å². The van der Waals surface area contributed by atoms with Gasteiger partial charge in [0.15, 0.2) is 23.0 Å². The Morgan fingerprint density at radius 2 is 1.62 bits per heavy atom. The van der Waals surface area contributed by atoms with E-state index in [0.29, 0.717) is 53.9 Å². The van der Waals surface area contributed by atoms with Crippen LogP contribution in [0.3, 0.4) is 0 Å². The monoisotopic (exact) mass is 402 g/mol. The highest BCUT2D eigenvalue weighted by atomic mass is 16.5. The van der Waals surface area contributed by atoms with E-state index in [0.717, 1.165) is 0 Å². The summed E-state index contributed by atoms with van der Waals surface area (Å²) in [6, 6.07) is 7.95. The third kappa shape index (κ3) is 5.78. The molecule has 0 radical (unpaired) electrons. The van der Waals surface area contributed by atoms with E-state index >= 15 is 0 Å². The molecule has 8 nitrogen and oxygen atoms in total. The van der Waals surface area contributed by atoms with E-state index in [2.05, 4.69) is 10.5 Å². The Bertz CT molecular complexity index is 839. The number of hydrogen-bond donors (Lipinski definition) is 2. The molecule has 2 rings (SSSR count). The molecule has 0 saturated heterocycles. The number of aromatic hydroxyl groups is 1. The third-order valence-electron chi connectivity index (χ3n) is 3.75. The van der Waals surface area contributed by atoms with Crippen LogP contribution in [0.25, 0.3) is 0 Å². The maximum Gasteiger partial charge on any atom is 0.271 e. The fourth-order valence-corrected chi connectivity index (χ4v) is 2.54. The molecule has 2 N–H and O–H groups in total. The molecule has 156 valence electrons. The molecule has 2 aromatic carbocycles. The van der Waals surface area contributed by atoms with Crippen LogP contribution in [0, 0.1) is 0 Å². The lowest BCUT2D eigenvalue weighted by atomic mass is 10.1. The smallest absolute Gasteiger partial charge is 0.271 e. The van der Waals surface area contributed by atoms with Crippen LogP contribution in [0.4, 0.5) is 0 Å². The molecule has 0 aromatic heterocycles. The van der Waals surface area contributed by atoms with Crippen molar-refractivity contribution >= 4 is 12.1 Å². The van der Waals surface area contributed by atoms with Crippen molar-refractivity contribution in [3.05, 3.63) is 41.5 Å². The highest BCUT2D eigenvalue weighted by Crippen LogP contribution is 2.39. The fraction of sp³-hybridized carbons (Fsp3) is 0.333. The van der Waals surface area contributed by atoms with Gasteiger partial charge in [-0.05, 0) is 56.7 Å². The fourth-order valence-electron chi connectivity index (χ4n) is 2.54. The second-order valence-electron chi connectivity index (χ2n) is 5.73. The molecular weight excluding hydrogens is 376 g/mol. The van der Waals surface area contributed by atoms with Crippen molar-refractivity contribution in [2.45, 2.75) is 20.8 Å². The number of ether oxygens (including phenoxy) is 4. The summed E-state index contributed by atoms with van der Waals surface area (Å²) in [7, 11) is 1.47. The Morgan fingerprint density at radius 3 is 2.14 bits per heavy atom. The van der Waals surface area contributed by atoms with Crippen molar-refractivity contribution in [3.8, 4) is 28.7 Å². The molecule has 0 spiro atoms. The number of amides is 1. The Morgan fingerprint density at radius 1 is 1.00 bits per heavy atom. The minimum absolute atomic E-state index is 0.0167. The van der Waals surface area contributed by atoms with Gasteiger partial charge in [-0.2, -0.15) is 5.10 Å². The predicted molar refractivity (Wildman–Crippen MR) is 110 cm³/mol. The number of carbonyl (C=O) groups is 1. The highest BCUT2D eigenvalue weighted by Gasteiger charge is 2.18. The third-order valence-corrected chi connectivity index (χ3v) is 3.75. The molecule has 29 heavy (non-hydrogen) atoms. The molecule has 0 fully saturated rings. The van der Waals surface area contributed by atoms with E-state index in [-0.39, 0.29) is 5.75 Å². The van der Waals surface area contributed by atoms with Gasteiger partial charge in [0.05, 0.1) is 33.1 Å². The molecule has 0 unspecified atom stereocenters. The summed E-state index contributed by atoms with van der Waals surface area (Å²) < 4.78 is 21.8. The zero-order chi connectivity index (χ0) is 21.2. The number of hydrogen-bond acceptors (Lipinski definition) is 7. The number of nitrogens with one attached hydrogen (secondary N) is 1. The maximum atomic E-state index is 12.5. The van der Waals surface area contributed by atoms with Crippen LogP contribution in [-0.2, 0) is 0 Å². The number of nitrogens with zero attached hydrogens (tertiary/aromatic N) is 1. The Balaban J connectivity index is 2.21.